The third-order valence-corrected chi connectivity index (χ3v) is 3.93. The molecule has 0 aliphatic rings. The number of aromatic nitrogens is 1. The van der Waals surface area contributed by atoms with Crippen LogP contribution in [0.1, 0.15) is 41.7 Å². The van der Waals surface area contributed by atoms with E-state index in [2.05, 4.69) is 15.5 Å². The molecule has 1 heterocycles. The second-order valence-electron chi connectivity index (χ2n) is 5.26. The molecule has 0 saturated heterocycles. The molecule has 0 aliphatic carbocycles. The molecule has 0 atom stereocenters. The Kier molecular flexibility index (Phi) is 6.31. The Hall–Kier alpha value is -2.41. The average molecular weight is 347 g/mol. The number of hydrazone groups is 1. The van der Waals surface area contributed by atoms with Gasteiger partial charge < -0.3 is 9.47 Å². The predicted octanol–water partition coefficient (Wildman–Crippen LogP) is 3.86. The highest BCUT2D eigenvalue weighted by molar-refractivity contribution is 7.17. The molecule has 1 N–H and O–H groups in total. The molecular formula is C17H21N3O3S. The first-order chi connectivity index (χ1) is 11.5. The SMILES string of the molecule is CCOC(=O)c1sc(N/N=C/c2ccc(OC(C)C)cc2)nc1C. The van der Waals surface area contributed by atoms with Crippen LogP contribution in [0, 0.1) is 6.92 Å². The fraction of sp³-hybridized carbons (Fsp3) is 0.353. The van der Waals surface area contributed by atoms with Gasteiger partial charge in [-0.3, -0.25) is 5.43 Å². The third-order valence-electron chi connectivity index (χ3n) is 2.88. The number of hydrogen-bond acceptors (Lipinski definition) is 7. The van der Waals surface area contributed by atoms with Crippen LogP contribution in [0.3, 0.4) is 0 Å². The maximum absolute atomic E-state index is 11.8. The summed E-state index contributed by atoms with van der Waals surface area (Å²) in [4.78, 5) is 16.5. The van der Waals surface area contributed by atoms with Crippen molar-refractivity contribution in [2.24, 2.45) is 5.10 Å². The van der Waals surface area contributed by atoms with E-state index in [9.17, 15) is 4.79 Å². The number of carbonyl (C=O) groups excluding carboxylic acids is 1. The van der Waals surface area contributed by atoms with E-state index in [4.69, 9.17) is 9.47 Å². The number of hydrogen-bond donors (Lipinski definition) is 1. The van der Waals surface area contributed by atoms with Crippen molar-refractivity contribution in [2.45, 2.75) is 33.8 Å². The van der Waals surface area contributed by atoms with Gasteiger partial charge in [-0.25, -0.2) is 9.78 Å². The fourth-order valence-corrected chi connectivity index (χ4v) is 2.71. The van der Waals surface area contributed by atoms with Gasteiger partial charge in [0, 0.05) is 0 Å². The molecule has 0 bridgehead atoms. The van der Waals surface area contributed by atoms with Crippen molar-refractivity contribution >= 4 is 28.7 Å². The number of carbonyl (C=O) groups is 1. The van der Waals surface area contributed by atoms with Crippen molar-refractivity contribution in [1.29, 1.82) is 0 Å². The van der Waals surface area contributed by atoms with E-state index in [1.165, 1.54) is 11.3 Å². The fourth-order valence-electron chi connectivity index (χ4n) is 1.90. The van der Waals surface area contributed by atoms with Crippen LogP contribution in [0.2, 0.25) is 0 Å². The summed E-state index contributed by atoms with van der Waals surface area (Å²) >= 11 is 1.22. The Morgan fingerprint density at radius 1 is 1.38 bits per heavy atom. The average Bonchev–Trinajstić information content (AvgIpc) is 2.90. The highest BCUT2D eigenvalue weighted by atomic mass is 32.1. The zero-order valence-electron chi connectivity index (χ0n) is 14.2. The number of anilines is 1. The van der Waals surface area contributed by atoms with Gasteiger partial charge in [0.05, 0.1) is 24.6 Å². The summed E-state index contributed by atoms with van der Waals surface area (Å²) in [6.07, 6.45) is 1.83. The van der Waals surface area contributed by atoms with Crippen LogP contribution in [-0.4, -0.2) is 29.9 Å². The lowest BCUT2D eigenvalue weighted by Crippen LogP contribution is -2.05. The van der Waals surface area contributed by atoms with Gasteiger partial charge in [-0.2, -0.15) is 5.10 Å². The van der Waals surface area contributed by atoms with Crippen LogP contribution < -0.4 is 10.2 Å². The third kappa shape index (κ3) is 5.06. The van der Waals surface area contributed by atoms with Crippen molar-refractivity contribution in [1.82, 2.24) is 4.98 Å². The van der Waals surface area contributed by atoms with Crippen LogP contribution in [0.15, 0.2) is 29.4 Å². The molecule has 2 rings (SSSR count). The Morgan fingerprint density at radius 2 is 2.08 bits per heavy atom. The molecule has 128 valence electrons. The van der Waals surface area contributed by atoms with E-state index in [0.717, 1.165) is 11.3 Å². The summed E-state index contributed by atoms with van der Waals surface area (Å²) in [6, 6.07) is 7.63. The molecule has 24 heavy (non-hydrogen) atoms. The summed E-state index contributed by atoms with van der Waals surface area (Å²) in [7, 11) is 0. The molecule has 2 aromatic rings. The van der Waals surface area contributed by atoms with E-state index < -0.39 is 0 Å². The van der Waals surface area contributed by atoms with Crippen molar-refractivity contribution in [3.63, 3.8) is 0 Å². The molecular weight excluding hydrogens is 326 g/mol. The Balaban J connectivity index is 1.96. The molecule has 7 heteroatoms. The summed E-state index contributed by atoms with van der Waals surface area (Å²) in [6.45, 7) is 7.85. The van der Waals surface area contributed by atoms with E-state index in [0.29, 0.717) is 22.3 Å². The Labute approximate surface area is 145 Å². The highest BCUT2D eigenvalue weighted by Gasteiger charge is 2.15. The van der Waals surface area contributed by atoms with E-state index in [1.807, 2.05) is 38.1 Å². The Morgan fingerprint density at radius 3 is 2.71 bits per heavy atom. The topological polar surface area (TPSA) is 72.8 Å². The Bertz CT molecular complexity index is 708. The lowest BCUT2D eigenvalue weighted by molar-refractivity contribution is 0.0531. The van der Waals surface area contributed by atoms with Gasteiger partial charge in [-0.15, -0.1) is 0 Å². The van der Waals surface area contributed by atoms with E-state index in [-0.39, 0.29) is 12.1 Å². The van der Waals surface area contributed by atoms with Gasteiger partial charge in [0.1, 0.15) is 10.6 Å². The molecule has 0 fully saturated rings. The molecule has 0 unspecified atom stereocenters. The summed E-state index contributed by atoms with van der Waals surface area (Å²) in [5.41, 5.74) is 4.40. The minimum atomic E-state index is -0.356. The number of esters is 1. The first kappa shape index (κ1) is 17.9. The lowest BCUT2D eigenvalue weighted by Gasteiger charge is -2.08. The van der Waals surface area contributed by atoms with E-state index in [1.54, 1.807) is 20.1 Å². The van der Waals surface area contributed by atoms with Crippen molar-refractivity contribution < 1.29 is 14.3 Å². The lowest BCUT2D eigenvalue weighted by atomic mass is 10.2. The summed E-state index contributed by atoms with van der Waals surface area (Å²) < 4.78 is 10.6. The molecule has 1 aromatic carbocycles. The zero-order chi connectivity index (χ0) is 17.5. The number of nitrogens with zero attached hydrogens (tertiary/aromatic N) is 2. The molecule has 1 aromatic heterocycles. The van der Waals surface area contributed by atoms with Crippen LogP contribution in [0.4, 0.5) is 5.13 Å². The highest BCUT2D eigenvalue weighted by Crippen LogP contribution is 2.23. The standard InChI is InChI=1S/C17H21N3O3S/c1-5-22-16(21)15-12(4)19-17(24-15)20-18-10-13-6-8-14(9-7-13)23-11(2)3/h6-11H,5H2,1-4H3,(H,19,20)/b18-10+. The largest absolute Gasteiger partial charge is 0.491 e. The first-order valence-electron chi connectivity index (χ1n) is 7.70. The van der Waals surface area contributed by atoms with Crippen molar-refractivity contribution in [3.05, 3.63) is 40.4 Å². The summed E-state index contributed by atoms with van der Waals surface area (Å²) in [5, 5.41) is 4.69. The monoisotopic (exact) mass is 347 g/mol. The summed E-state index contributed by atoms with van der Waals surface area (Å²) in [5.74, 6) is 0.468. The van der Waals surface area contributed by atoms with Gasteiger partial charge in [0.2, 0.25) is 5.13 Å². The van der Waals surface area contributed by atoms with E-state index >= 15 is 0 Å². The maximum atomic E-state index is 11.8. The number of aryl methyl sites for hydroxylation is 1. The molecule has 0 saturated carbocycles. The second kappa shape index (κ2) is 8.44. The minimum absolute atomic E-state index is 0.146. The predicted molar refractivity (Wildman–Crippen MR) is 96.2 cm³/mol. The zero-order valence-corrected chi connectivity index (χ0v) is 15.0. The van der Waals surface area contributed by atoms with Crippen LogP contribution in [0.25, 0.3) is 0 Å². The van der Waals surface area contributed by atoms with Gasteiger partial charge in [-0.1, -0.05) is 11.3 Å². The number of benzene rings is 1. The second-order valence-corrected chi connectivity index (χ2v) is 6.26. The molecule has 0 aliphatic heterocycles. The minimum Gasteiger partial charge on any atom is -0.491 e. The maximum Gasteiger partial charge on any atom is 0.350 e. The van der Waals surface area contributed by atoms with Crippen LogP contribution >= 0.6 is 11.3 Å². The van der Waals surface area contributed by atoms with Crippen molar-refractivity contribution in [2.75, 3.05) is 12.0 Å². The van der Waals surface area contributed by atoms with Crippen LogP contribution in [-0.2, 0) is 4.74 Å². The van der Waals surface area contributed by atoms with Gasteiger partial charge in [-0.05, 0) is 57.5 Å². The number of ether oxygens (including phenoxy) is 2. The normalized spacial score (nSPS) is 11.0. The van der Waals surface area contributed by atoms with Crippen molar-refractivity contribution in [3.8, 4) is 5.75 Å². The van der Waals surface area contributed by atoms with Gasteiger partial charge in [0.25, 0.3) is 0 Å². The van der Waals surface area contributed by atoms with Gasteiger partial charge >= 0.3 is 5.97 Å². The quantitative estimate of drug-likeness (QED) is 0.468. The number of thiazole rings is 1. The van der Waals surface area contributed by atoms with Crippen LogP contribution in [0.5, 0.6) is 5.75 Å². The number of nitrogens with one attached hydrogen (secondary N) is 1. The smallest absolute Gasteiger partial charge is 0.350 e. The number of rotatable bonds is 7. The molecule has 0 amide bonds. The first-order valence-corrected chi connectivity index (χ1v) is 8.51. The van der Waals surface area contributed by atoms with Gasteiger partial charge in [0.15, 0.2) is 0 Å². The molecule has 6 nitrogen and oxygen atoms in total. The molecule has 0 radical (unpaired) electrons. The molecule has 0 spiro atoms.